The van der Waals surface area contributed by atoms with Crippen molar-refractivity contribution in [3.05, 3.63) is 48.0 Å². The number of aliphatic hydroxyl groups is 1. The lowest BCUT2D eigenvalue weighted by atomic mass is 9.85. The number of nitrogens with zero attached hydrogens (tertiary/aromatic N) is 1. The summed E-state index contributed by atoms with van der Waals surface area (Å²) >= 11 is 0. The molecule has 2 aliphatic rings. The third-order valence-electron chi connectivity index (χ3n) is 4.61. The van der Waals surface area contributed by atoms with Crippen molar-refractivity contribution < 1.29 is 29.0 Å². The fourth-order valence-corrected chi connectivity index (χ4v) is 3.33. The molecule has 0 bridgehead atoms. The molecule has 1 aliphatic heterocycles. The number of carbonyl (C=O) groups is 3. The molecule has 1 fully saturated rings. The smallest absolute Gasteiger partial charge is 0.411 e. The Morgan fingerprint density at radius 2 is 2.04 bits per heavy atom. The van der Waals surface area contributed by atoms with Crippen LogP contribution in [0.4, 0.5) is 4.79 Å². The summed E-state index contributed by atoms with van der Waals surface area (Å²) in [6.07, 6.45) is 1.77. The molecule has 1 heterocycles. The summed E-state index contributed by atoms with van der Waals surface area (Å²) in [5.41, 5.74) is -0.655. The van der Waals surface area contributed by atoms with Gasteiger partial charge in [0.2, 0.25) is 0 Å². The molecule has 1 aliphatic carbocycles. The van der Waals surface area contributed by atoms with Crippen LogP contribution in [0.25, 0.3) is 0 Å². The van der Waals surface area contributed by atoms with E-state index < -0.39 is 29.7 Å². The highest BCUT2D eigenvalue weighted by Crippen LogP contribution is 2.40. The van der Waals surface area contributed by atoms with Crippen LogP contribution in [-0.2, 0) is 25.7 Å². The zero-order valence-electron chi connectivity index (χ0n) is 13.8. The number of fused-ring (bicyclic) bond motifs is 1. The standard InChI is InChI=1S/C18H19NO6/c1-24-16(21)14-10-18(23)8-7-13(20)9-15(18)19(14)17(22)25-11-12-5-3-2-4-6-12/h2-8,14-15,23H,9-11H2,1H3/t14?,15-,18+/m1/s1. The quantitative estimate of drug-likeness (QED) is 0.828. The molecule has 3 atom stereocenters. The van der Waals surface area contributed by atoms with Gasteiger partial charge in [-0.3, -0.25) is 9.69 Å². The maximum absolute atomic E-state index is 12.6. The molecular weight excluding hydrogens is 326 g/mol. The number of ketones is 1. The number of esters is 1. The van der Waals surface area contributed by atoms with Crippen molar-refractivity contribution in [1.29, 1.82) is 0 Å². The van der Waals surface area contributed by atoms with Crippen molar-refractivity contribution >= 4 is 17.8 Å². The zero-order chi connectivity index (χ0) is 18.0. The highest BCUT2D eigenvalue weighted by atomic mass is 16.6. The maximum Gasteiger partial charge on any atom is 0.411 e. The fraction of sp³-hybridized carbons (Fsp3) is 0.389. The topological polar surface area (TPSA) is 93.1 Å². The van der Waals surface area contributed by atoms with Gasteiger partial charge in [0.1, 0.15) is 18.2 Å². The number of rotatable bonds is 3. The number of benzene rings is 1. The molecule has 3 rings (SSSR count). The molecule has 1 aromatic carbocycles. The average Bonchev–Trinajstić information content (AvgIpc) is 2.93. The van der Waals surface area contributed by atoms with Crippen LogP contribution < -0.4 is 0 Å². The molecule has 1 saturated heterocycles. The molecule has 132 valence electrons. The van der Waals surface area contributed by atoms with E-state index in [0.29, 0.717) is 0 Å². The maximum atomic E-state index is 12.6. The van der Waals surface area contributed by atoms with E-state index in [1.807, 2.05) is 18.2 Å². The SMILES string of the molecule is COC(=O)C1C[C@@]2(O)C=CC(=O)C[C@H]2N1C(=O)OCc1ccccc1. The van der Waals surface area contributed by atoms with Crippen molar-refractivity contribution in [3.8, 4) is 0 Å². The molecule has 0 radical (unpaired) electrons. The summed E-state index contributed by atoms with van der Waals surface area (Å²) < 4.78 is 10.0. The van der Waals surface area contributed by atoms with Gasteiger partial charge >= 0.3 is 12.1 Å². The molecule has 1 amide bonds. The number of allylic oxidation sites excluding steroid dienone is 1. The number of hydrogen-bond acceptors (Lipinski definition) is 6. The number of methoxy groups -OCH3 is 1. The van der Waals surface area contributed by atoms with Gasteiger partial charge in [-0.2, -0.15) is 0 Å². The van der Waals surface area contributed by atoms with Gasteiger partial charge in [0.15, 0.2) is 5.78 Å². The van der Waals surface area contributed by atoms with E-state index in [2.05, 4.69) is 0 Å². The molecular formula is C18H19NO6. The second kappa shape index (κ2) is 6.68. The molecule has 0 saturated carbocycles. The lowest BCUT2D eigenvalue weighted by Gasteiger charge is -2.33. The predicted octanol–water partition coefficient (Wildman–Crippen LogP) is 1.20. The third-order valence-corrected chi connectivity index (χ3v) is 4.61. The molecule has 0 aromatic heterocycles. The van der Waals surface area contributed by atoms with E-state index in [-0.39, 0.29) is 25.2 Å². The normalized spacial score (nSPS) is 27.8. The van der Waals surface area contributed by atoms with Crippen LogP contribution >= 0.6 is 0 Å². The first-order valence-corrected chi connectivity index (χ1v) is 7.96. The molecule has 25 heavy (non-hydrogen) atoms. The van der Waals surface area contributed by atoms with E-state index in [1.54, 1.807) is 12.1 Å². The van der Waals surface area contributed by atoms with E-state index in [1.165, 1.54) is 19.3 Å². The molecule has 7 nitrogen and oxygen atoms in total. The highest BCUT2D eigenvalue weighted by molar-refractivity contribution is 5.93. The number of carbonyl (C=O) groups excluding carboxylic acids is 3. The van der Waals surface area contributed by atoms with Crippen molar-refractivity contribution in [2.45, 2.75) is 37.1 Å². The predicted molar refractivity (Wildman–Crippen MR) is 86.4 cm³/mol. The van der Waals surface area contributed by atoms with Crippen LogP contribution in [0.1, 0.15) is 18.4 Å². The van der Waals surface area contributed by atoms with E-state index in [4.69, 9.17) is 9.47 Å². The van der Waals surface area contributed by atoms with Gasteiger partial charge in [0, 0.05) is 12.8 Å². The van der Waals surface area contributed by atoms with Crippen molar-refractivity contribution in [3.63, 3.8) is 0 Å². The van der Waals surface area contributed by atoms with E-state index in [9.17, 15) is 19.5 Å². The lowest BCUT2D eigenvalue weighted by molar-refractivity contribution is -0.146. The number of likely N-dealkylation sites (tertiary alicyclic amines) is 1. The molecule has 1 N–H and O–H groups in total. The molecule has 7 heteroatoms. The first-order valence-electron chi connectivity index (χ1n) is 7.96. The highest BCUT2D eigenvalue weighted by Gasteiger charge is 2.57. The van der Waals surface area contributed by atoms with Crippen LogP contribution in [-0.4, -0.2) is 52.6 Å². The Morgan fingerprint density at radius 1 is 1.32 bits per heavy atom. The first kappa shape index (κ1) is 17.2. The zero-order valence-corrected chi connectivity index (χ0v) is 13.8. The van der Waals surface area contributed by atoms with Crippen LogP contribution in [0, 0.1) is 0 Å². The second-order valence-corrected chi connectivity index (χ2v) is 6.20. The number of hydrogen-bond donors (Lipinski definition) is 1. The Labute approximate surface area is 144 Å². The lowest BCUT2D eigenvalue weighted by Crippen LogP contribution is -2.51. The minimum atomic E-state index is -1.45. The molecule has 1 unspecified atom stereocenters. The van der Waals surface area contributed by atoms with Gasteiger partial charge in [-0.25, -0.2) is 9.59 Å². The third kappa shape index (κ3) is 3.28. The Kier molecular flexibility index (Phi) is 4.59. The van der Waals surface area contributed by atoms with Gasteiger partial charge in [-0.05, 0) is 17.7 Å². The monoisotopic (exact) mass is 345 g/mol. The van der Waals surface area contributed by atoms with Crippen molar-refractivity contribution in [1.82, 2.24) is 4.90 Å². The van der Waals surface area contributed by atoms with Crippen LogP contribution in [0.5, 0.6) is 0 Å². The van der Waals surface area contributed by atoms with Gasteiger partial charge in [0.05, 0.1) is 13.2 Å². The number of amides is 1. The number of ether oxygens (including phenoxy) is 2. The summed E-state index contributed by atoms with van der Waals surface area (Å²) in [7, 11) is 1.21. The first-order chi connectivity index (χ1) is 11.9. The van der Waals surface area contributed by atoms with Gasteiger partial charge in [-0.15, -0.1) is 0 Å². The molecule has 0 spiro atoms. The summed E-state index contributed by atoms with van der Waals surface area (Å²) in [6.45, 7) is 0.0268. The fourth-order valence-electron chi connectivity index (χ4n) is 3.33. The second-order valence-electron chi connectivity index (χ2n) is 6.20. The van der Waals surface area contributed by atoms with Crippen molar-refractivity contribution in [2.75, 3.05) is 7.11 Å². The largest absolute Gasteiger partial charge is 0.467 e. The van der Waals surface area contributed by atoms with Gasteiger partial charge < -0.3 is 14.6 Å². The molecule has 1 aromatic rings. The Balaban J connectivity index is 1.82. The van der Waals surface area contributed by atoms with E-state index >= 15 is 0 Å². The minimum Gasteiger partial charge on any atom is -0.467 e. The van der Waals surface area contributed by atoms with Gasteiger partial charge in [0.25, 0.3) is 0 Å². The van der Waals surface area contributed by atoms with Crippen LogP contribution in [0.2, 0.25) is 0 Å². The summed E-state index contributed by atoms with van der Waals surface area (Å²) in [5, 5.41) is 10.8. The minimum absolute atomic E-state index is 0.0268. The summed E-state index contributed by atoms with van der Waals surface area (Å²) in [5.74, 6) is -0.874. The summed E-state index contributed by atoms with van der Waals surface area (Å²) in [6, 6.07) is 7.24. The Bertz CT molecular complexity index is 716. The summed E-state index contributed by atoms with van der Waals surface area (Å²) in [4.78, 5) is 37.6. The van der Waals surface area contributed by atoms with E-state index in [0.717, 1.165) is 10.5 Å². The van der Waals surface area contributed by atoms with Crippen LogP contribution in [0.3, 0.4) is 0 Å². The Hall–Kier alpha value is -2.67. The van der Waals surface area contributed by atoms with Crippen molar-refractivity contribution in [2.24, 2.45) is 0 Å². The van der Waals surface area contributed by atoms with Crippen LogP contribution in [0.15, 0.2) is 42.5 Å². The van der Waals surface area contributed by atoms with Gasteiger partial charge in [-0.1, -0.05) is 30.3 Å². The average molecular weight is 345 g/mol. The Morgan fingerprint density at radius 3 is 2.72 bits per heavy atom.